The van der Waals surface area contributed by atoms with Crippen LogP contribution in [0.2, 0.25) is 0 Å². The number of anilines is 1. The van der Waals surface area contributed by atoms with E-state index < -0.39 is 0 Å². The van der Waals surface area contributed by atoms with Gasteiger partial charge in [-0.15, -0.1) is 11.3 Å². The number of hydrogen-bond donors (Lipinski definition) is 2. The summed E-state index contributed by atoms with van der Waals surface area (Å²) in [6.07, 6.45) is 0. The summed E-state index contributed by atoms with van der Waals surface area (Å²) >= 11 is 1.42. The van der Waals surface area contributed by atoms with E-state index >= 15 is 0 Å². The van der Waals surface area contributed by atoms with Crippen molar-refractivity contribution in [3.63, 3.8) is 0 Å². The van der Waals surface area contributed by atoms with E-state index in [1.54, 1.807) is 0 Å². The zero-order valence-corrected chi connectivity index (χ0v) is 16.9. The minimum atomic E-state index is -0.242. The van der Waals surface area contributed by atoms with Gasteiger partial charge in [-0.1, -0.05) is 60.7 Å². The second-order valence-corrected chi connectivity index (χ2v) is 7.67. The van der Waals surface area contributed by atoms with Crippen molar-refractivity contribution in [2.75, 3.05) is 38.2 Å². The molecule has 0 aliphatic carbocycles. The number of thiazole rings is 1. The van der Waals surface area contributed by atoms with Crippen LogP contribution in [0.25, 0.3) is 11.3 Å². The van der Waals surface area contributed by atoms with Gasteiger partial charge < -0.3 is 10.1 Å². The minimum absolute atomic E-state index is 0.113. The molecule has 1 saturated heterocycles. The molecule has 4 rings (SSSR count). The normalized spacial score (nSPS) is 15.6. The van der Waals surface area contributed by atoms with E-state index in [1.165, 1.54) is 16.9 Å². The predicted octanol–water partition coefficient (Wildman–Crippen LogP) is 4.01. The first-order valence-corrected chi connectivity index (χ1v) is 10.6. The number of hydrogen-bond acceptors (Lipinski definition) is 5. The second kappa shape index (κ2) is 9.65. The Kier molecular flexibility index (Phi) is 6.51. The number of ether oxygens (including phenoxy) is 1. The lowest BCUT2D eigenvalue weighted by molar-refractivity contribution is 0.0168. The SMILES string of the molecule is O=C(NCC(c1ccccc1)N1CCOCC1)Nc1nc(-c2ccccc2)cs1. The third kappa shape index (κ3) is 5.20. The summed E-state index contributed by atoms with van der Waals surface area (Å²) < 4.78 is 5.48. The van der Waals surface area contributed by atoms with Gasteiger partial charge in [-0.3, -0.25) is 10.2 Å². The van der Waals surface area contributed by atoms with Crippen LogP contribution < -0.4 is 10.6 Å². The molecule has 0 saturated carbocycles. The van der Waals surface area contributed by atoms with Gasteiger partial charge in [0.25, 0.3) is 0 Å². The van der Waals surface area contributed by atoms with E-state index in [-0.39, 0.29) is 12.1 Å². The molecule has 0 radical (unpaired) electrons. The molecule has 3 aromatic rings. The van der Waals surface area contributed by atoms with Crippen molar-refractivity contribution < 1.29 is 9.53 Å². The minimum Gasteiger partial charge on any atom is -0.379 e. The molecule has 2 aromatic carbocycles. The van der Waals surface area contributed by atoms with E-state index in [0.717, 1.165) is 37.6 Å². The van der Waals surface area contributed by atoms with Crippen LogP contribution in [0.5, 0.6) is 0 Å². The van der Waals surface area contributed by atoms with E-state index in [1.807, 2.05) is 53.9 Å². The maximum absolute atomic E-state index is 12.5. The molecule has 1 unspecified atom stereocenters. The third-order valence-corrected chi connectivity index (χ3v) is 5.68. The van der Waals surface area contributed by atoms with Gasteiger partial charge in [0, 0.05) is 30.6 Å². The van der Waals surface area contributed by atoms with E-state index in [0.29, 0.717) is 11.7 Å². The lowest BCUT2D eigenvalue weighted by Crippen LogP contribution is -2.44. The lowest BCUT2D eigenvalue weighted by Gasteiger charge is -2.34. The highest BCUT2D eigenvalue weighted by molar-refractivity contribution is 7.14. The number of rotatable bonds is 6. The molecular formula is C22H24N4O2S. The Morgan fingerprint density at radius 3 is 2.48 bits per heavy atom. The van der Waals surface area contributed by atoms with Gasteiger partial charge in [0.05, 0.1) is 24.9 Å². The molecule has 1 fully saturated rings. The first-order chi connectivity index (χ1) is 14.3. The van der Waals surface area contributed by atoms with Crippen LogP contribution in [0.1, 0.15) is 11.6 Å². The van der Waals surface area contributed by atoms with Crippen LogP contribution in [0.15, 0.2) is 66.0 Å². The molecule has 1 aliphatic heterocycles. The van der Waals surface area contributed by atoms with Gasteiger partial charge in [0.1, 0.15) is 0 Å². The Morgan fingerprint density at radius 2 is 1.76 bits per heavy atom. The quantitative estimate of drug-likeness (QED) is 0.647. The molecule has 0 spiro atoms. The predicted molar refractivity (Wildman–Crippen MR) is 116 cm³/mol. The highest BCUT2D eigenvalue weighted by Crippen LogP contribution is 2.25. The largest absolute Gasteiger partial charge is 0.379 e. The summed E-state index contributed by atoms with van der Waals surface area (Å²) in [5.41, 5.74) is 3.09. The van der Waals surface area contributed by atoms with Crippen molar-refractivity contribution in [2.45, 2.75) is 6.04 Å². The smallest absolute Gasteiger partial charge is 0.321 e. The Bertz CT molecular complexity index is 911. The van der Waals surface area contributed by atoms with Crippen molar-refractivity contribution in [2.24, 2.45) is 0 Å². The molecule has 150 valence electrons. The van der Waals surface area contributed by atoms with Gasteiger partial charge in [0.2, 0.25) is 0 Å². The van der Waals surface area contributed by atoms with Crippen molar-refractivity contribution >= 4 is 22.5 Å². The maximum atomic E-state index is 12.5. The Morgan fingerprint density at radius 1 is 1.07 bits per heavy atom. The summed E-state index contributed by atoms with van der Waals surface area (Å²) in [7, 11) is 0. The topological polar surface area (TPSA) is 66.5 Å². The number of morpholine rings is 1. The average molecular weight is 409 g/mol. The maximum Gasteiger partial charge on any atom is 0.321 e. The lowest BCUT2D eigenvalue weighted by atomic mass is 10.0. The molecule has 1 aliphatic rings. The van der Waals surface area contributed by atoms with Gasteiger partial charge in [-0.25, -0.2) is 9.78 Å². The van der Waals surface area contributed by atoms with Crippen LogP contribution in [0.4, 0.5) is 9.93 Å². The summed E-state index contributed by atoms with van der Waals surface area (Å²) in [6, 6.07) is 20.1. The van der Waals surface area contributed by atoms with Crippen LogP contribution in [0, 0.1) is 0 Å². The van der Waals surface area contributed by atoms with Crippen molar-refractivity contribution in [3.8, 4) is 11.3 Å². The van der Waals surface area contributed by atoms with Crippen LogP contribution >= 0.6 is 11.3 Å². The molecule has 7 heteroatoms. The Balaban J connectivity index is 1.37. The summed E-state index contributed by atoms with van der Waals surface area (Å²) in [5, 5.41) is 8.40. The summed E-state index contributed by atoms with van der Waals surface area (Å²) in [5.74, 6) is 0. The number of urea groups is 1. The fraction of sp³-hybridized carbons (Fsp3) is 0.273. The molecule has 1 aromatic heterocycles. The highest BCUT2D eigenvalue weighted by atomic mass is 32.1. The van der Waals surface area contributed by atoms with E-state index in [2.05, 4.69) is 32.7 Å². The van der Waals surface area contributed by atoms with Gasteiger partial charge in [0.15, 0.2) is 5.13 Å². The summed E-state index contributed by atoms with van der Waals surface area (Å²) in [4.78, 5) is 19.4. The van der Waals surface area contributed by atoms with Crippen LogP contribution in [-0.4, -0.2) is 48.8 Å². The van der Waals surface area contributed by atoms with Gasteiger partial charge in [-0.2, -0.15) is 0 Å². The Hall–Kier alpha value is -2.74. The summed E-state index contributed by atoms with van der Waals surface area (Å²) in [6.45, 7) is 3.67. The fourth-order valence-corrected chi connectivity index (χ4v) is 4.14. The third-order valence-electron chi connectivity index (χ3n) is 4.92. The molecule has 1 atom stereocenters. The molecule has 29 heavy (non-hydrogen) atoms. The standard InChI is InChI=1S/C22H24N4O2S/c27-21(25-22-24-19(16-29-22)17-7-3-1-4-8-17)23-15-20(18-9-5-2-6-10-18)26-11-13-28-14-12-26/h1-10,16,20H,11-15H2,(H2,23,24,25,27). The van der Waals surface area contributed by atoms with Crippen molar-refractivity contribution in [1.29, 1.82) is 0 Å². The first-order valence-electron chi connectivity index (χ1n) is 9.72. The van der Waals surface area contributed by atoms with Crippen molar-refractivity contribution in [1.82, 2.24) is 15.2 Å². The monoisotopic (exact) mass is 408 g/mol. The zero-order valence-electron chi connectivity index (χ0n) is 16.1. The number of benzene rings is 2. The number of nitrogens with zero attached hydrogens (tertiary/aromatic N) is 2. The average Bonchev–Trinajstić information content (AvgIpc) is 3.24. The van der Waals surface area contributed by atoms with E-state index in [4.69, 9.17) is 4.74 Å². The molecule has 0 bridgehead atoms. The number of nitrogens with one attached hydrogen (secondary N) is 2. The fourth-order valence-electron chi connectivity index (χ4n) is 3.43. The van der Waals surface area contributed by atoms with Crippen molar-refractivity contribution in [3.05, 3.63) is 71.6 Å². The van der Waals surface area contributed by atoms with Gasteiger partial charge >= 0.3 is 6.03 Å². The zero-order chi connectivity index (χ0) is 19.9. The molecule has 2 N–H and O–H groups in total. The number of carbonyl (C=O) groups is 1. The van der Waals surface area contributed by atoms with Gasteiger partial charge in [-0.05, 0) is 5.56 Å². The molecule has 6 nitrogen and oxygen atoms in total. The number of aromatic nitrogens is 1. The molecular weight excluding hydrogens is 384 g/mol. The molecule has 2 amide bonds. The first kappa shape index (κ1) is 19.6. The van der Waals surface area contributed by atoms with Crippen LogP contribution in [-0.2, 0) is 4.74 Å². The number of carbonyl (C=O) groups excluding carboxylic acids is 1. The highest BCUT2D eigenvalue weighted by Gasteiger charge is 2.23. The molecule has 2 heterocycles. The second-order valence-electron chi connectivity index (χ2n) is 6.81. The van der Waals surface area contributed by atoms with Crippen LogP contribution in [0.3, 0.4) is 0 Å². The van der Waals surface area contributed by atoms with E-state index in [9.17, 15) is 4.79 Å². The number of amides is 2. The Labute approximate surface area is 174 Å².